The van der Waals surface area contributed by atoms with Crippen molar-refractivity contribution in [3.05, 3.63) is 60.7 Å². The van der Waals surface area contributed by atoms with E-state index in [4.69, 9.17) is 22.3 Å². The van der Waals surface area contributed by atoms with Gasteiger partial charge in [0.05, 0.1) is 24.6 Å². The highest BCUT2D eigenvalue weighted by Gasteiger charge is 2.37. The van der Waals surface area contributed by atoms with Gasteiger partial charge in [-0.05, 0) is 101 Å². The molecule has 2 aliphatic heterocycles. The number of aryl methyl sites for hydroxylation is 2. The lowest BCUT2D eigenvalue weighted by Crippen LogP contribution is -2.43. The highest BCUT2D eigenvalue weighted by Crippen LogP contribution is 2.46. The molecule has 2 atom stereocenters. The number of aliphatic hydroxyl groups excluding tert-OH is 1. The second kappa shape index (κ2) is 13.7. The number of piperidine rings is 2. The van der Waals surface area contributed by atoms with E-state index in [0.717, 1.165) is 71.3 Å². The lowest BCUT2D eigenvalue weighted by Gasteiger charge is -2.38. The van der Waals surface area contributed by atoms with Gasteiger partial charge in [-0.2, -0.15) is 0 Å². The van der Waals surface area contributed by atoms with E-state index in [1.807, 2.05) is 17.2 Å². The number of aliphatic hydroxyl groups is 1. The average Bonchev–Trinajstić information content (AvgIpc) is 3.09. The monoisotopic (exact) mass is 722 g/mol. The zero-order valence-corrected chi connectivity index (χ0v) is 27.5. The van der Waals surface area contributed by atoms with Gasteiger partial charge in [0, 0.05) is 58.7 Å². The van der Waals surface area contributed by atoms with E-state index in [1.165, 1.54) is 16.7 Å². The summed E-state index contributed by atoms with van der Waals surface area (Å²) in [6, 6.07) is 6.27. The molecule has 226 valence electrons. The molecule has 2 fully saturated rings. The summed E-state index contributed by atoms with van der Waals surface area (Å²) in [4.78, 5) is 45.4. The number of aromatic nitrogens is 1. The Labute approximate surface area is 268 Å². The van der Waals surface area contributed by atoms with Crippen LogP contribution in [0.3, 0.4) is 0 Å². The Morgan fingerprint density at radius 2 is 1.60 bits per heavy atom. The number of nitrogens with two attached hydrogens (primary N) is 1. The van der Waals surface area contributed by atoms with E-state index in [0.29, 0.717) is 25.4 Å². The Morgan fingerprint density at radius 3 is 2.29 bits per heavy atom. The summed E-state index contributed by atoms with van der Waals surface area (Å²) in [5.41, 5.74) is 10.0. The molecule has 1 aromatic heterocycles. The van der Waals surface area contributed by atoms with Crippen molar-refractivity contribution in [2.75, 3.05) is 26.2 Å². The topological polar surface area (TPSA) is 117 Å². The number of benzene rings is 1. The molecule has 5 rings (SSSR count). The molecular weight excluding hydrogens is 688 g/mol. The molecule has 3 heterocycles. The summed E-state index contributed by atoms with van der Waals surface area (Å²) in [6.45, 7) is 2.57. The largest absolute Gasteiger partial charge is 0.392 e. The fraction of sp³-hybridized carbons (Fsp3) is 0.548. The van der Waals surface area contributed by atoms with Crippen LogP contribution < -0.4 is 5.73 Å². The van der Waals surface area contributed by atoms with E-state index in [-0.39, 0.29) is 36.5 Å². The van der Waals surface area contributed by atoms with Gasteiger partial charge in [-0.1, -0.05) is 27.5 Å². The van der Waals surface area contributed by atoms with Crippen molar-refractivity contribution in [1.82, 2.24) is 14.8 Å². The second-order valence-corrected chi connectivity index (χ2v) is 14.1. The van der Waals surface area contributed by atoms with Crippen LogP contribution in [0.4, 0.5) is 0 Å². The molecule has 1 unspecified atom stereocenters. The first kappa shape index (κ1) is 31.4. The molecule has 2 saturated heterocycles. The van der Waals surface area contributed by atoms with E-state index >= 15 is 0 Å². The van der Waals surface area contributed by atoms with Crippen LogP contribution in [0.5, 0.6) is 0 Å². The normalized spacial score (nSPS) is 20.4. The number of fused-ring (bicyclic) bond motifs is 2. The van der Waals surface area contributed by atoms with Crippen LogP contribution in [0, 0.1) is 11.8 Å². The van der Waals surface area contributed by atoms with Crippen molar-refractivity contribution in [3.63, 3.8) is 0 Å². The molecule has 0 bridgehead atoms. The number of halogens is 3. The van der Waals surface area contributed by atoms with E-state index in [1.54, 1.807) is 4.90 Å². The quantitative estimate of drug-likeness (QED) is 0.418. The lowest BCUT2D eigenvalue weighted by molar-refractivity contribution is -0.136. The molecule has 2 aromatic rings. The molecule has 1 aliphatic carbocycles. The van der Waals surface area contributed by atoms with E-state index in [9.17, 15) is 19.5 Å². The van der Waals surface area contributed by atoms with Crippen molar-refractivity contribution in [3.8, 4) is 0 Å². The van der Waals surface area contributed by atoms with Gasteiger partial charge < -0.3 is 20.6 Å². The molecule has 0 spiro atoms. The third-order valence-corrected chi connectivity index (χ3v) is 10.4. The number of likely N-dealkylation sites (tertiary alicyclic amines) is 2. The maximum absolute atomic E-state index is 13.3. The van der Waals surface area contributed by atoms with Gasteiger partial charge in [0.15, 0.2) is 0 Å². The fourth-order valence-electron chi connectivity index (χ4n) is 6.91. The Hall–Kier alpha value is -2.01. The molecule has 11 heteroatoms. The first-order chi connectivity index (χ1) is 20.1. The summed E-state index contributed by atoms with van der Waals surface area (Å²) < 4.78 is 2.01. The van der Waals surface area contributed by atoms with Crippen molar-refractivity contribution in [2.24, 2.45) is 17.6 Å². The third kappa shape index (κ3) is 7.37. The van der Waals surface area contributed by atoms with Crippen LogP contribution in [0.25, 0.3) is 0 Å². The molecule has 42 heavy (non-hydrogen) atoms. The number of hydrogen-bond donors (Lipinski definition) is 2. The fourth-order valence-corrected chi connectivity index (χ4v) is 8.41. The Kier molecular flexibility index (Phi) is 10.3. The Balaban J connectivity index is 1.19. The molecule has 3 N–H and O–H groups in total. The number of hydrogen-bond acceptors (Lipinski definition) is 5. The zero-order valence-electron chi connectivity index (χ0n) is 23.5. The minimum atomic E-state index is -1.05. The van der Waals surface area contributed by atoms with Crippen molar-refractivity contribution in [2.45, 2.75) is 69.8 Å². The van der Waals surface area contributed by atoms with Crippen molar-refractivity contribution in [1.29, 1.82) is 0 Å². The van der Waals surface area contributed by atoms with Crippen molar-refractivity contribution >= 4 is 61.2 Å². The summed E-state index contributed by atoms with van der Waals surface area (Å²) in [5, 5.41) is 10.6. The second-order valence-electron chi connectivity index (χ2n) is 11.9. The molecule has 0 saturated carbocycles. The van der Waals surface area contributed by atoms with Gasteiger partial charge in [0.1, 0.15) is 0 Å². The number of pyridine rings is 1. The average molecular weight is 725 g/mol. The first-order valence-electron chi connectivity index (χ1n) is 14.7. The van der Waals surface area contributed by atoms with Gasteiger partial charge in [0.25, 0.3) is 0 Å². The summed E-state index contributed by atoms with van der Waals surface area (Å²) in [7, 11) is 0. The summed E-state index contributed by atoms with van der Waals surface area (Å²) in [6.07, 6.45) is 6.16. The highest BCUT2D eigenvalue weighted by atomic mass is 79.9. The summed E-state index contributed by atoms with van der Waals surface area (Å²) in [5.74, 6) is 0.120. The van der Waals surface area contributed by atoms with Crippen LogP contribution in [-0.2, 0) is 27.2 Å². The highest BCUT2D eigenvalue weighted by molar-refractivity contribution is 9.10. The van der Waals surface area contributed by atoms with E-state index in [2.05, 4.69) is 44.0 Å². The number of rotatable bonds is 7. The van der Waals surface area contributed by atoms with Crippen LogP contribution in [0.2, 0.25) is 5.02 Å². The maximum atomic E-state index is 13.3. The number of carbonyl (C=O) groups excluding carboxylic acids is 3. The molecule has 0 radical (unpaired) electrons. The Morgan fingerprint density at radius 1 is 0.952 bits per heavy atom. The summed E-state index contributed by atoms with van der Waals surface area (Å²) >= 11 is 13.9. The lowest BCUT2D eigenvalue weighted by atomic mass is 9.76. The molecule has 1 aromatic carbocycles. The van der Waals surface area contributed by atoms with Gasteiger partial charge in [-0.15, -0.1) is 0 Å². The predicted octanol–water partition coefficient (Wildman–Crippen LogP) is 4.98. The Bertz CT molecular complexity index is 1340. The minimum Gasteiger partial charge on any atom is -0.392 e. The molecule has 8 nitrogen and oxygen atoms in total. The van der Waals surface area contributed by atoms with Crippen molar-refractivity contribution < 1.29 is 19.5 Å². The van der Waals surface area contributed by atoms with Crippen LogP contribution in [-0.4, -0.2) is 69.9 Å². The maximum Gasteiger partial charge on any atom is 0.225 e. The van der Waals surface area contributed by atoms with Crippen LogP contribution >= 0.6 is 43.5 Å². The van der Waals surface area contributed by atoms with Gasteiger partial charge in [-0.3, -0.25) is 19.4 Å². The first-order valence-corrected chi connectivity index (χ1v) is 16.7. The molecule has 3 aliphatic rings. The SMILES string of the molecule is NC(=O)CC(O)CC(=O)N1CCC(CC(=O)N2CCC([C@H]3c4ncc(Br)cc4CCc4cc(Cl)cc(Br)c43)CC2)CC1. The van der Waals surface area contributed by atoms with Gasteiger partial charge >= 0.3 is 0 Å². The predicted molar refractivity (Wildman–Crippen MR) is 168 cm³/mol. The zero-order chi connectivity index (χ0) is 30.0. The molecular formula is C31H37Br2ClN4O4. The standard InChI is InChI=1S/C31H37Br2ClN4O4/c32-22-12-21-2-1-20-13-23(34)14-25(33)29(20)30(31(21)36-17-22)19-5-9-38(10-6-19)27(41)11-18-3-7-37(8-4-18)28(42)16-24(39)15-26(35)40/h12-14,17-19,24,30,39H,1-11,15-16H2,(H2,35,40)/t24?,30-/m1/s1. The van der Waals surface area contributed by atoms with Gasteiger partial charge in [-0.25, -0.2) is 0 Å². The van der Waals surface area contributed by atoms with Gasteiger partial charge in [0.2, 0.25) is 17.7 Å². The third-order valence-electron chi connectivity index (χ3n) is 9.06. The molecule has 3 amide bonds. The van der Waals surface area contributed by atoms with Crippen LogP contribution in [0.1, 0.15) is 73.2 Å². The number of primary amides is 1. The number of carbonyl (C=O) groups is 3. The number of nitrogens with zero attached hydrogens (tertiary/aromatic N) is 3. The number of amides is 3. The minimum absolute atomic E-state index is 0.103. The smallest absolute Gasteiger partial charge is 0.225 e. The van der Waals surface area contributed by atoms with E-state index < -0.39 is 12.0 Å². The van der Waals surface area contributed by atoms with Crippen LogP contribution in [0.15, 0.2) is 33.3 Å².